The van der Waals surface area contributed by atoms with Crippen molar-refractivity contribution in [3.63, 3.8) is 0 Å². The number of carboxylic acid groups (broad SMARTS) is 1. The number of carbonyl (C=O) groups is 2. The third kappa shape index (κ3) is 10.5. The molecule has 3 atom stereocenters. The smallest absolute Gasteiger partial charge is 0.306 e. The van der Waals surface area contributed by atoms with Gasteiger partial charge in [-0.15, -0.1) is 0 Å². The summed E-state index contributed by atoms with van der Waals surface area (Å²) in [6, 6.07) is 14.0. The number of aliphatic hydroxyl groups is 3. The van der Waals surface area contributed by atoms with Crippen molar-refractivity contribution < 1.29 is 39.5 Å². The first-order valence-electron chi connectivity index (χ1n) is 18.6. The third-order valence-corrected chi connectivity index (χ3v) is 11.2. The zero-order valence-corrected chi connectivity index (χ0v) is 31.3. The van der Waals surface area contributed by atoms with Gasteiger partial charge in [-0.3, -0.25) is 14.6 Å². The van der Waals surface area contributed by atoms with Crippen LogP contribution in [0.4, 0.5) is 0 Å². The molecule has 5 N–H and O–H groups in total. The van der Waals surface area contributed by atoms with Crippen molar-refractivity contribution in [1.29, 1.82) is 0 Å². The molecule has 1 amide bonds. The highest BCUT2D eigenvalue weighted by atomic mass is 35.5. The molecule has 1 saturated heterocycles. The van der Waals surface area contributed by atoms with Gasteiger partial charge in [0.15, 0.2) is 0 Å². The summed E-state index contributed by atoms with van der Waals surface area (Å²) in [5.74, 6) is -0.278. The number of piperidine rings is 1. The van der Waals surface area contributed by atoms with Crippen molar-refractivity contribution in [2.75, 3.05) is 19.6 Å². The first-order valence-corrected chi connectivity index (χ1v) is 19.4. The van der Waals surface area contributed by atoms with Crippen LogP contribution in [0.2, 0.25) is 10.0 Å². The number of amides is 1. The Balaban J connectivity index is 0.939. The summed E-state index contributed by atoms with van der Waals surface area (Å²) in [6.07, 6.45) is 6.86. The number of benzene rings is 2. The Bertz CT molecular complexity index is 1730. The monoisotopic (exact) mass is 769 g/mol. The topological polar surface area (TPSA) is 162 Å². The number of carboxylic acids is 1. The minimum Gasteiger partial charge on any atom is -0.490 e. The van der Waals surface area contributed by atoms with Crippen LogP contribution in [0.5, 0.6) is 5.75 Å². The number of hydrogen-bond acceptors (Lipinski definition) is 9. The average molecular weight is 771 g/mol. The van der Waals surface area contributed by atoms with Gasteiger partial charge in [0.2, 0.25) is 5.91 Å². The van der Waals surface area contributed by atoms with E-state index in [1.54, 1.807) is 0 Å². The lowest BCUT2D eigenvalue weighted by Gasteiger charge is -2.33. The van der Waals surface area contributed by atoms with Crippen LogP contribution < -0.4 is 10.1 Å². The Hall–Kier alpha value is -3.29. The molecule has 2 saturated carbocycles. The largest absolute Gasteiger partial charge is 0.490 e. The Morgan fingerprint density at radius 2 is 1.66 bits per heavy atom. The van der Waals surface area contributed by atoms with Crippen molar-refractivity contribution in [3.05, 3.63) is 81.6 Å². The number of ether oxygens (including phenoxy) is 2. The van der Waals surface area contributed by atoms with E-state index in [2.05, 4.69) is 16.4 Å². The number of para-hydroxylation sites is 1. The van der Waals surface area contributed by atoms with Crippen LogP contribution in [0.25, 0.3) is 11.1 Å². The van der Waals surface area contributed by atoms with Crippen LogP contribution in [0.1, 0.15) is 80.9 Å². The first-order chi connectivity index (χ1) is 25.5. The maximum Gasteiger partial charge on any atom is 0.306 e. The van der Waals surface area contributed by atoms with E-state index in [1.165, 1.54) is 0 Å². The molecule has 13 heteroatoms. The minimum atomic E-state index is -1.56. The number of aliphatic hydroxyl groups excluding tert-OH is 3. The lowest BCUT2D eigenvalue weighted by molar-refractivity contribution is -0.143. The van der Waals surface area contributed by atoms with E-state index in [9.17, 15) is 24.9 Å². The molecule has 1 aromatic heterocycles. The Morgan fingerprint density at radius 3 is 2.38 bits per heavy atom. The predicted molar refractivity (Wildman–Crippen MR) is 201 cm³/mol. The number of likely N-dealkylation sites (tertiary alicyclic amines) is 1. The molecule has 0 bridgehead atoms. The Morgan fingerprint density at radius 1 is 0.943 bits per heavy atom. The maximum absolute atomic E-state index is 12.9. The van der Waals surface area contributed by atoms with Gasteiger partial charge in [0.1, 0.15) is 11.9 Å². The molecule has 0 unspecified atom stereocenters. The number of aliphatic carboxylic acids is 1. The van der Waals surface area contributed by atoms with Gasteiger partial charge in [-0.05, 0) is 98.7 Å². The van der Waals surface area contributed by atoms with E-state index >= 15 is 0 Å². The van der Waals surface area contributed by atoms with Gasteiger partial charge in [0, 0.05) is 65.7 Å². The fraction of sp³-hybridized carbons (Fsp3) is 0.525. The number of halogens is 2. The van der Waals surface area contributed by atoms with Gasteiger partial charge >= 0.3 is 5.97 Å². The lowest BCUT2D eigenvalue weighted by atomic mass is 9.96. The second-order valence-electron chi connectivity index (χ2n) is 14.5. The quantitative estimate of drug-likeness (QED) is 0.0964. The molecule has 3 aliphatic rings. The standard InChI is InChI=1S/C40H49Cl2N3O8/c41-32-20-26(24-52-40(14-15-40)31-22-43-16-11-29(31)30-6-2-3-7-36(30)53-28-9-10-28)33(42)19-25(32)5-1-4-8-37(48)45-17-12-27(13-18-45)44-23-35(47)39(51)34(46)21-38(49)50/h2-3,6-7,11,16,19-20,22,27-28,34-35,39,44,46-47,51H,1,4-5,8-10,12-15,17-18,21,23-24H2,(H,49,50)/t34-,35+,39+/m0/s1. The summed E-state index contributed by atoms with van der Waals surface area (Å²) in [6.45, 7) is 1.48. The van der Waals surface area contributed by atoms with E-state index in [1.807, 2.05) is 53.7 Å². The molecular formula is C40H49Cl2N3O8. The van der Waals surface area contributed by atoms with Gasteiger partial charge in [0.25, 0.3) is 0 Å². The van der Waals surface area contributed by atoms with E-state index in [-0.39, 0.29) is 18.5 Å². The fourth-order valence-electron chi connectivity index (χ4n) is 6.95. The first kappa shape index (κ1) is 39.4. The van der Waals surface area contributed by atoms with Crippen molar-refractivity contribution in [3.8, 4) is 16.9 Å². The van der Waals surface area contributed by atoms with Crippen LogP contribution in [0.15, 0.2) is 54.9 Å². The number of nitrogens with zero attached hydrogens (tertiary/aromatic N) is 2. The van der Waals surface area contributed by atoms with Crippen LogP contribution in [-0.2, 0) is 33.0 Å². The molecule has 286 valence electrons. The lowest BCUT2D eigenvalue weighted by Crippen LogP contribution is -2.49. The molecule has 3 fully saturated rings. The Labute approximate surface area is 320 Å². The van der Waals surface area contributed by atoms with Crippen LogP contribution in [-0.4, -0.2) is 92.3 Å². The summed E-state index contributed by atoms with van der Waals surface area (Å²) in [4.78, 5) is 29.9. The van der Waals surface area contributed by atoms with Crippen molar-refractivity contribution in [2.24, 2.45) is 0 Å². The molecule has 2 aromatic carbocycles. The van der Waals surface area contributed by atoms with Gasteiger partial charge in [-0.25, -0.2) is 0 Å². The zero-order chi connectivity index (χ0) is 37.5. The van der Waals surface area contributed by atoms with E-state index in [0.717, 1.165) is 65.7 Å². The van der Waals surface area contributed by atoms with E-state index < -0.39 is 36.3 Å². The van der Waals surface area contributed by atoms with Crippen molar-refractivity contribution in [1.82, 2.24) is 15.2 Å². The number of unbranched alkanes of at least 4 members (excludes halogenated alkanes) is 1. The Kier molecular flexibility index (Phi) is 13.3. The SMILES string of the molecule is O=C(O)C[C@H](O)[C@@H](O)[C@H](O)CNC1CCN(C(=O)CCCCc2cc(Cl)c(COC3(c4cnccc4-c4ccccc4OC4CC4)CC3)cc2Cl)CC1. The molecule has 53 heavy (non-hydrogen) atoms. The van der Waals surface area contributed by atoms with E-state index in [4.69, 9.17) is 37.8 Å². The van der Waals surface area contributed by atoms with Crippen LogP contribution in [0.3, 0.4) is 0 Å². The number of nitrogens with one attached hydrogen (secondary N) is 1. The number of carbonyl (C=O) groups excluding carboxylic acids is 1. The summed E-state index contributed by atoms with van der Waals surface area (Å²) < 4.78 is 12.8. The van der Waals surface area contributed by atoms with Gasteiger partial charge < -0.3 is 40.1 Å². The summed E-state index contributed by atoms with van der Waals surface area (Å²) >= 11 is 13.5. The number of pyridine rings is 1. The summed E-state index contributed by atoms with van der Waals surface area (Å²) in [5.41, 5.74) is 4.46. The molecule has 0 radical (unpaired) electrons. The van der Waals surface area contributed by atoms with Crippen LogP contribution in [0, 0.1) is 0 Å². The van der Waals surface area contributed by atoms with Crippen molar-refractivity contribution >= 4 is 35.1 Å². The number of hydrogen-bond donors (Lipinski definition) is 5. The normalized spacial score (nSPS) is 18.7. The highest BCUT2D eigenvalue weighted by molar-refractivity contribution is 6.34. The molecule has 2 aliphatic carbocycles. The fourth-order valence-corrected chi connectivity index (χ4v) is 7.47. The van der Waals surface area contributed by atoms with Gasteiger partial charge in [-0.1, -0.05) is 41.4 Å². The minimum absolute atomic E-state index is 0.00991. The summed E-state index contributed by atoms with van der Waals surface area (Å²) in [5, 5.41) is 43.0. The predicted octanol–water partition coefficient (Wildman–Crippen LogP) is 5.65. The van der Waals surface area contributed by atoms with Gasteiger partial charge in [0.05, 0.1) is 36.9 Å². The molecule has 1 aliphatic heterocycles. The average Bonchev–Trinajstić information content (AvgIpc) is 4.10. The number of rotatable bonds is 19. The van der Waals surface area contributed by atoms with Crippen molar-refractivity contribution in [2.45, 2.75) is 113 Å². The van der Waals surface area contributed by atoms with Crippen LogP contribution >= 0.6 is 23.2 Å². The second kappa shape index (κ2) is 17.9. The molecular weight excluding hydrogens is 721 g/mol. The molecule has 0 spiro atoms. The summed E-state index contributed by atoms with van der Waals surface area (Å²) in [7, 11) is 0. The molecule has 2 heterocycles. The molecule has 11 nitrogen and oxygen atoms in total. The second-order valence-corrected chi connectivity index (χ2v) is 15.4. The zero-order valence-electron chi connectivity index (χ0n) is 29.8. The number of aryl methyl sites for hydroxylation is 1. The highest BCUT2D eigenvalue weighted by Crippen LogP contribution is 2.53. The molecule has 6 rings (SSSR count). The maximum atomic E-state index is 12.9. The van der Waals surface area contributed by atoms with Gasteiger partial charge in [-0.2, -0.15) is 0 Å². The third-order valence-electron chi connectivity index (χ3n) is 10.5. The van der Waals surface area contributed by atoms with E-state index in [0.29, 0.717) is 67.9 Å². The number of aromatic nitrogens is 1. The molecule has 3 aromatic rings. The highest BCUT2D eigenvalue weighted by Gasteiger charge is 2.48.